The van der Waals surface area contributed by atoms with Gasteiger partial charge in [0.15, 0.2) is 5.11 Å². The maximum absolute atomic E-state index is 6.38. The average molecular weight is 449 g/mol. The molecule has 0 bridgehead atoms. The Morgan fingerprint density at radius 3 is 2.56 bits per heavy atom. The van der Waals surface area contributed by atoms with Crippen LogP contribution in [0.15, 0.2) is 71.3 Å². The van der Waals surface area contributed by atoms with Crippen molar-refractivity contribution >= 4 is 17.3 Å². The van der Waals surface area contributed by atoms with Gasteiger partial charge < -0.3 is 19.4 Å². The zero-order valence-corrected chi connectivity index (χ0v) is 18.8. The number of nitrogens with zero attached hydrogens (tertiary/aromatic N) is 3. The molecule has 7 heteroatoms. The van der Waals surface area contributed by atoms with E-state index in [1.165, 1.54) is 0 Å². The first-order valence-corrected chi connectivity index (χ1v) is 11.6. The number of hydrogen-bond donors (Lipinski definition) is 1. The summed E-state index contributed by atoms with van der Waals surface area (Å²) in [4.78, 5) is 9.34. The van der Waals surface area contributed by atoms with Gasteiger partial charge in [-0.05, 0) is 42.9 Å². The molecule has 1 N–H and O–H groups in total. The van der Waals surface area contributed by atoms with Crippen LogP contribution >= 0.6 is 12.2 Å². The van der Waals surface area contributed by atoms with E-state index in [4.69, 9.17) is 21.4 Å². The van der Waals surface area contributed by atoms with E-state index >= 15 is 0 Å². The Balaban J connectivity index is 1.39. The number of ether oxygens (including phenoxy) is 1. The second-order valence-electron chi connectivity index (χ2n) is 8.20. The standard InChI is InChI=1S/C25H28N4O2S/c32-25-27-23(20-9-4-5-12-26-20)24(29(25)14-6-13-28-15-17-30-18-16-28)22-11-10-21(31-22)19-7-2-1-3-8-19/h1-5,7-12,23-24H,6,13-18H2,(H,27,32)/t23-,24-/m0/s1. The normalized spacial score (nSPS) is 21.6. The van der Waals surface area contributed by atoms with Crippen molar-refractivity contribution < 1.29 is 9.15 Å². The molecule has 2 aliphatic rings. The fourth-order valence-electron chi connectivity index (χ4n) is 4.51. The number of hydrogen-bond acceptors (Lipinski definition) is 5. The number of thiocarbonyl (C=S) groups is 1. The van der Waals surface area contributed by atoms with E-state index in [0.29, 0.717) is 0 Å². The zero-order valence-electron chi connectivity index (χ0n) is 18.0. The lowest BCUT2D eigenvalue weighted by atomic mass is 10.0. The molecule has 6 nitrogen and oxygen atoms in total. The highest BCUT2D eigenvalue weighted by Crippen LogP contribution is 2.40. The number of benzene rings is 1. The van der Waals surface area contributed by atoms with E-state index in [0.717, 1.165) is 73.7 Å². The Hall–Kier alpha value is -2.74. The van der Waals surface area contributed by atoms with Crippen LogP contribution in [0, 0.1) is 0 Å². The SMILES string of the molecule is S=C1N[C@@H](c2ccccn2)[C@H](c2ccc(-c3ccccc3)o2)N1CCCN1CCOCC1. The second-order valence-corrected chi connectivity index (χ2v) is 8.58. The molecular formula is C25H28N4O2S. The Labute approximate surface area is 194 Å². The average Bonchev–Trinajstić information content (AvgIpc) is 3.46. The first-order chi connectivity index (χ1) is 15.8. The van der Waals surface area contributed by atoms with Gasteiger partial charge in [0.05, 0.1) is 24.9 Å². The molecule has 2 fully saturated rings. The highest BCUT2D eigenvalue weighted by molar-refractivity contribution is 7.80. The molecule has 166 valence electrons. The molecule has 2 aromatic heterocycles. The molecule has 4 heterocycles. The van der Waals surface area contributed by atoms with Gasteiger partial charge in [0, 0.05) is 37.9 Å². The van der Waals surface area contributed by atoms with E-state index in [-0.39, 0.29) is 12.1 Å². The van der Waals surface area contributed by atoms with Crippen LogP contribution in [0.25, 0.3) is 11.3 Å². The minimum absolute atomic E-state index is 0.0421. The van der Waals surface area contributed by atoms with E-state index < -0.39 is 0 Å². The summed E-state index contributed by atoms with van der Waals surface area (Å²) in [5.41, 5.74) is 2.04. The minimum Gasteiger partial charge on any atom is -0.459 e. The van der Waals surface area contributed by atoms with E-state index in [2.05, 4.69) is 38.3 Å². The lowest BCUT2D eigenvalue weighted by Gasteiger charge is -2.29. The van der Waals surface area contributed by atoms with Gasteiger partial charge in [0.1, 0.15) is 17.6 Å². The van der Waals surface area contributed by atoms with Gasteiger partial charge in [-0.2, -0.15) is 0 Å². The fraction of sp³-hybridized carbons (Fsp3) is 0.360. The third kappa shape index (κ3) is 4.55. The molecule has 2 atom stereocenters. The molecular weight excluding hydrogens is 420 g/mol. The minimum atomic E-state index is -0.0538. The molecule has 3 aromatic rings. The molecule has 32 heavy (non-hydrogen) atoms. The highest BCUT2D eigenvalue weighted by atomic mass is 32.1. The number of aromatic nitrogens is 1. The lowest BCUT2D eigenvalue weighted by molar-refractivity contribution is 0.0365. The maximum Gasteiger partial charge on any atom is 0.170 e. The molecule has 0 aliphatic carbocycles. The van der Waals surface area contributed by atoms with Crippen LogP contribution in [-0.2, 0) is 4.74 Å². The van der Waals surface area contributed by atoms with Crippen molar-refractivity contribution in [3.8, 4) is 11.3 Å². The van der Waals surface area contributed by atoms with Crippen molar-refractivity contribution in [3.05, 3.63) is 78.3 Å². The van der Waals surface area contributed by atoms with Gasteiger partial charge in [0.25, 0.3) is 0 Å². The van der Waals surface area contributed by atoms with Crippen molar-refractivity contribution in [2.24, 2.45) is 0 Å². The summed E-state index contributed by atoms with van der Waals surface area (Å²) >= 11 is 5.78. The smallest absolute Gasteiger partial charge is 0.170 e. The summed E-state index contributed by atoms with van der Waals surface area (Å²) in [5.74, 6) is 1.77. The summed E-state index contributed by atoms with van der Waals surface area (Å²) < 4.78 is 11.9. The molecule has 0 saturated carbocycles. The van der Waals surface area contributed by atoms with Gasteiger partial charge in [-0.25, -0.2) is 0 Å². The summed E-state index contributed by atoms with van der Waals surface area (Å²) in [6.45, 7) is 5.55. The number of nitrogens with one attached hydrogen (secondary N) is 1. The first-order valence-electron chi connectivity index (χ1n) is 11.2. The quantitative estimate of drug-likeness (QED) is 0.548. The van der Waals surface area contributed by atoms with Gasteiger partial charge in [-0.1, -0.05) is 36.4 Å². The lowest BCUT2D eigenvalue weighted by Crippen LogP contribution is -2.38. The topological polar surface area (TPSA) is 53.8 Å². The molecule has 2 saturated heterocycles. The molecule has 1 aromatic carbocycles. The summed E-state index contributed by atoms with van der Waals surface area (Å²) in [7, 11) is 0. The van der Waals surface area contributed by atoms with Crippen LogP contribution in [0.4, 0.5) is 0 Å². The van der Waals surface area contributed by atoms with Crippen molar-refractivity contribution in [3.63, 3.8) is 0 Å². The van der Waals surface area contributed by atoms with Gasteiger partial charge in [0.2, 0.25) is 0 Å². The van der Waals surface area contributed by atoms with E-state index in [1.807, 2.05) is 48.7 Å². The first kappa shape index (κ1) is 21.1. The largest absolute Gasteiger partial charge is 0.459 e. The molecule has 0 amide bonds. The van der Waals surface area contributed by atoms with Crippen molar-refractivity contribution in [2.45, 2.75) is 18.5 Å². The molecule has 0 spiro atoms. The van der Waals surface area contributed by atoms with Gasteiger partial charge in [-0.15, -0.1) is 0 Å². The third-order valence-corrected chi connectivity index (χ3v) is 6.50. The fourth-order valence-corrected chi connectivity index (χ4v) is 4.85. The third-order valence-electron chi connectivity index (χ3n) is 6.15. The van der Waals surface area contributed by atoms with E-state index in [9.17, 15) is 0 Å². The van der Waals surface area contributed by atoms with Gasteiger partial charge >= 0.3 is 0 Å². The number of furan rings is 1. The Morgan fingerprint density at radius 1 is 0.969 bits per heavy atom. The van der Waals surface area contributed by atoms with Crippen LogP contribution in [0.2, 0.25) is 0 Å². The molecule has 0 radical (unpaired) electrons. The Kier molecular flexibility index (Phi) is 6.48. The second kappa shape index (κ2) is 9.81. The molecule has 5 rings (SSSR count). The van der Waals surface area contributed by atoms with Crippen LogP contribution in [0.1, 0.15) is 30.0 Å². The summed E-state index contributed by atoms with van der Waals surface area (Å²) in [6.07, 6.45) is 2.86. The van der Waals surface area contributed by atoms with Crippen LogP contribution in [-0.4, -0.2) is 59.3 Å². The van der Waals surface area contributed by atoms with E-state index in [1.54, 1.807) is 0 Å². The maximum atomic E-state index is 6.38. The summed E-state index contributed by atoms with van der Waals surface area (Å²) in [6, 6.07) is 20.2. The van der Waals surface area contributed by atoms with Crippen molar-refractivity contribution in [1.82, 2.24) is 20.1 Å². The van der Waals surface area contributed by atoms with Gasteiger partial charge in [-0.3, -0.25) is 9.88 Å². The van der Waals surface area contributed by atoms with Crippen LogP contribution in [0.3, 0.4) is 0 Å². The monoisotopic (exact) mass is 448 g/mol. The summed E-state index contributed by atoms with van der Waals surface area (Å²) in [5, 5.41) is 4.26. The molecule has 2 aliphatic heterocycles. The predicted octanol–water partition coefficient (Wildman–Crippen LogP) is 4.04. The Bertz CT molecular complexity index is 1020. The molecule has 0 unspecified atom stereocenters. The van der Waals surface area contributed by atoms with Crippen LogP contribution in [0.5, 0.6) is 0 Å². The number of rotatable bonds is 7. The highest BCUT2D eigenvalue weighted by Gasteiger charge is 2.41. The number of morpholine rings is 1. The van der Waals surface area contributed by atoms with Crippen LogP contribution < -0.4 is 5.32 Å². The van der Waals surface area contributed by atoms with Crippen molar-refractivity contribution in [1.29, 1.82) is 0 Å². The van der Waals surface area contributed by atoms with Crippen molar-refractivity contribution in [2.75, 3.05) is 39.4 Å². The zero-order chi connectivity index (χ0) is 21.8. The Morgan fingerprint density at radius 2 is 1.78 bits per heavy atom. The predicted molar refractivity (Wildman–Crippen MR) is 128 cm³/mol. The number of pyridine rings is 1.